The fraction of sp³-hybridized carbons (Fsp3) is 0.722. The number of aliphatic hydroxyl groups excluding tert-OH is 3. The number of hydrogen-bond acceptors (Lipinski definition) is 5. The summed E-state index contributed by atoms with van der Waals surface area (Å²) < 4.78 is 0. The molecule has 2 aliphatic rings. The van der Waals surface area contributed by atoms with Gasteiger partial charge < -0.3 is 25.2 Å². The molecule has 0 spiro atoms. The van der Waals surface area contributed by atoms with Crippen LogP contribution in [0.1, 0.15) is 45.4 Å². The van der Waals surface area contributed by atoms with Crippen LogP contribution in [0.5, 0.6) is 0 Å². The van der Waals surface area contributed by atoms with Crippen LogP contribution in [0, 0.1) is 17.8 Å². The van der Waals surface area contributed by atoms with Crippen LogP contribution < -0.4 is 34.7 Å². The van der Waals surface area contributed by atoms with Gasteiger partial charge in [0, 0.05) is 12.4 Å². The average Bonchev–Trinajstić information content (AvgIpc) is 2.45. The first-order valence-corrected chi connectivity index (χ1v) is 8.50. The maximum Gasteiger partial charge on any atom is 1.00 e. The van der Waals surface area contributed by atoms with E-state index >= 15 is 0 Å². The number of rotatable bonds is 7. The molecule has 24 heavy (non-hydrogen) atoms. The molecule has 0 heterocycles. The second kappa shape index (κ2) is 10.1. The van der Waals surface area contributed by atoms with Gasteiger partial charge >= 0.3 is 29.6 Å². The first-order chi connectivity index (χ1) is 10.9. The Morgan fingerprint density at radius 2 is 2.04 bits per heavy atom. The minimum Gasteiger partial charge on any atom is -0.550 e. The summed E-state index contributed by atoms with van der Waals surface area (Å²) >= 11 is 0. The summed E-state index contributed by atoms with van der Waals surface area (Å²) in [6.45, 7) is 2.17. The van der Waals surface area contributed by atoms with Crippen LogP contribution in [-0.2, 0) is 4.79 Å². The van der Waals surface area contributed by atoms with E-state index < -0.39 is 24.6 Å². The Morgan fingerprint density at radius 3 is 2.71 bits per heavy atom. The molecule has 130 valence electrons. The number of carboxylic acids is 1. The molecule has 2 rings (SSSR count). The number of carbonyl (C=O) groups excluding carboxylic acids is 1. The van der Waals surface area contributed by atoms with Crippen molar-refractivity contribution in [2.75, 3.05) is 0 Å². The second-order valence-corrected chi connectivity index (χ2v) is 7.00. The monoisotopic (exact) mass is 346 g/mol. The van der Waals surface area contributed by atoms with E-state index in [-0.39, 0.29) is 42.1 Å². The summed E-state index contributed by atoms with van der Waals surface area (Å²) in [4.78, 5) is 10.4. The van der Waals surface area contributed by atoms with Gasteiger partial charge in [0.1, 0.15) is 0 Å². The van der Waals surface area contributed by atoms with Gasteiger partial charge in [-0.05, 0) is 55.4 Å². The van der Waals surface area contributed by atoms with Gasteiger partial charge in [-0.3, -0.25) is 0 Å². The van der Waals surface area contributed by atoms with Crippen molar-refractivity contribution >= 4 is 5.97 Å². The van der Waals surface area contributed by atoms with Gasteiger partial charge in [-0.25, -0.2) is 0 Å². The van der Waals surface area contributed by atoms with E-state index in [1.54, 1.807) is 0 Å². The standard InChI is InChI=1S/C18H28O5.Na/c1-11-2-3-12-8-13(19)5-7-17(12)16(11)6-4-14(20)9-15(21)10-18(22)23;/h2-3,8,11,13-17,19-21H,4-7,9-10H2,1H3,(H,22,23);/q;+1/p-1/t11-,13-,14+,15+,16-,17-;/m0./s1. The van der Waals surface area contributed by atoms with Crippen molar-refractivity contribution in [1.82, 2.24) is 0 Å². The number of carbonyl (C=O) groups is 1. The fourth-order valence-corrected chi connectivity index (χ4v) is 3.92. The molecule has 0 radical (unpaired) electrons. The van der Waals surface area contributed by atoms with Gasteiger partial charge in [-0.2, -0.15) is 0 Å². The quantitative estimate of drug-likeness (QED) is 0.444. The van der Waals surface area contributed by atoms with Crippen LogP contribution in [0.3, 0.4) is 0 Å². The van der Waals surface area contributed by atoms with E-state index in [1.165, 1.54) is 5.57 Å². The van der Waals surface area contributed by atoms with E-state index in [0.717, 1.165) is 19.3 Å². The topological polar surface area (TPSA) is 101 Å². The molecule has 0 aliphatic heterocycles. The molecule has 0 bridgehead atoms. The number of carboxylic acid groups (broad SMARTS) is 1. The van der Waals surface area contributed by atoms with E-state index in [0.29, 0.717) is 24.2 Å². The molecular formula is C18H27NaO5. The molecule has 2 aliphatic carbocycles. The zero-order chi connectivity index (χ0) is 17.0. The van der Waals surface area contributed by atoms with Crippen LogP contribution in [0.25, 0.3) is 0 Å². The third kappa shape index (κ3) is 6.28. The predicted molar refractivity (Wildman–Crippen MR) is 84.1 cm³/mol. The molecule has 5 nitrogen and oxygen atoms in total. The Balaban J connectivity index is 0.00000288. The first-order valence-electron chi connectivity index (χ1n) is 8.50. The first kappa shape index (κ1) is 21.9. The number of aliphatic hydroxyl groups is 3. The molecule has 0 amide bonds. The van der Waals surface area contributed by atoms with Crippen LogP contribution in [0.2, 0.25) is 0 Å². The van der Waals surface area contributed by atoms with Gasteiger partial charge in [0.2, 0.25) is 0 Å². The molecule has 0 unspecified atom stereocenters. The van der Waals surface area contributed by atoms with Crippen molar-refractivity contribution in [2.24, 2.45) is 17.8 Å². The van der Waals surface area contributed by atoms with Crippen LogP contribution in [0.15, 0.2) is 23.8 Å². The van der Waals surface area contributed by atoms with Crippen molar-refractivity contribution < 1.29 is 54.8 Å². The van der Waals surface area contributed by atoms with Crippen molar-refractivity contribution in [3.05, 3.63) is 23.8 Å². The average molecular weight is 346 g/mol. The second-order valence-electron chi connectivity index (χ2n) is 7.00. The van der Waals surface area contributed by atoms with Crippen molar-refractivity contribution in [1.29, 1.82) is 0 Å². The van der Waals surface area contributed by atoms with Crippen molar-refractivity contribution in [2.45, 2.75) is 63.8 Å². The summed E-state index contributed by atoms with van der Waals surface area (Å²) in [5, 5.41) is 39.8. The summed E-state index contributed by atoms with van der Waals surface area (Å²) in [5.74, 6) is -0.0653. The Labute approximate surface area is 165 Å². The Bertz CT molecular complexity index is 476. The zero-order valence-electron chi connectivity index (χ0n) is 14.6. The minimum absolute atomic E-state index is 0. The molecule has 6 heteroatoms. The molecule has 0 fully saturated rings. The van der Waals surface area contributed by atoms with Gasteiger partial charge in [0.25, 0.3) is 0 Å². The number of hydrogen-bond donors (Lipinski definition) is 3. The van der Waals surface area contributed by atoms with E-state index in [1.807, 2.05) is 6.08 Å². The Kier molecular flexibility index (Phi) is 9.20. The van der Waals surface area contributed by atoms with E-state index in [9.17, 15) is 25.2 Å². The van der Waals surface area contributed by atoms with Crippen molar-refractivity contribution in [3.63, 3.8) is 0 Å². The SMILES string of the molecule is C[C@H]1C=CC2=C[C@@H](O)CC[C@@H]2[C@H]1CC[C@@H](O)C[C@@H](O)CC(=O)[O-].[Na+]. The third-order valence-corrected chi connectivity index (χ3v) is 5.15. The van der Waals surface area contributed by atoms with Gasteiger partial charge in [0.15, 0.2) is 0 Å². The van der Waals surface area contributed by atoms with Crippen LogP contribution in [0.4, 0.5) is 0 Å². The summed E-state index contributed by atoms with van der Waals surface area (Å²) in [6, 6.07) is 0. The maximum atomic E-state index is 10.4. The zero-order valence-corrected chi connectivity index (χ0v) is 16.6. The molecule has 0 aromatic heterocycles. The molecule has 6 atom stereocenters. The van der Waals surface area contributed by atoms with Crippen LogP contribution >= 0.6 is 0 Å². The van der Waals surface area contributed by atoms with Gasteiger partial charge in [-0.15, -0.1) is 0 Å². The predicted octanol–water partition coefficient (Wildman–Crippen LogP) is -2.46. The van der Waals surface area contributed by atoms with Crippen LogP contribution in [-0.4, -0.2) is 39.6 Å². The number of aliphatic carboxylic acids is 1. The molecule has 3 N–H and O–H groups in total. The summed E-state index contributed by atoms with van der Waals surface area (Å²) in [6.07, 6.45) is 6.80. The molecular weight excluding hydrogens is 319 g/mol. The van der Waals surface area contributed by atoms with Crippen molar-refractivity contribution in [3.8, 4) is 0 Å². The van der Waals surface area contributed by atoms with Gasteiger partial charge in [-0.1, -0.05) is 25.2 Å². The smallest absolute Gasteiger partial charge is 0.550 e. The minimum atomic E-state index is -1.30. The number of allylic oxidation sites excluding steroid dienone is 3. The molecule has 0 saturated carbocycles. The fourth-order valence-electron chi connectivity index (χ4n) is 3.92. The Morgan fingerprint density at radius 1 is 1.33 bits per heavy atom. The van der Waals surface area contributed by atoms with E-state index in [2.05, 4.69) is 19.1 Å². The third-order valence-electron chi connectivity index (χ3n) is 5.15. The van der Waals surface area contributed by atoms with Gasteiger partial charge in [0.05, 0.1) is 18.3 Å². The molecule has 0 aromatic rings. The largest absolute Gasteiger partial charge is 1.00 e. The molecule has 0 saturated heterocycles. The van der Waals surface area contributed by atoms with E-state index in [4.69, 9.17) is 0 Å². The Hall–Kier alpha value is -0.170. The maximum absolute atomic E-state index is 10.4. The summed E-state index contributed by atoms with van der Waals surface area (Å²) in [7, 11) is 0. The summed E-state index contributed by atoms with van der Waals surface area (Å²) in [5.41, 5.74) is 1.19. The normalized spacial score (nSPS) is 31.4. The number of fused-ring (bicyclic) bond motifs is 1. The molecule has 0 aromatic carbocycles.